The topological polar surface area (TPSA) is 32.3 Å². The van der Waals surface area contributed by atoms with Crippen LogP contribution in [-0.2, 0) is 0 Å². The van der Waals surface area contributed by atoms with Gasteiger partial charge in [0.1, 0.15) is 4.34 Å². The molecule has 1 aromatic heterocycles. The van der Waals surface area contributed by atoms with Gasteiger partial charge in [0.05, 0.1) is 9.90 Å². The quantitative estimate of drug-likeness (QED) is 0.861. The molecule has 2 fully saturated rings. The average molecular weight is 291 g/mol. The van der Waals surface area contributed by atoms with Crippen molar-refractivity contribution in [2.75, 3.05) is 26.2 Å². The maximum absolute atomic E-state index is 12.3. The Balaban J connectivity index is 1.77. The van der Waals surface area contributed by atoms with E-state index in [0.29, 0.717) is 26.1 Å². The molecule has 2 unspecified atom stereocenters. The van der Waals surface area contributed by atoms with Crippen molar-refractivity contribution in [2.24, 2.45) is 11.8 Å². The molecule has 0 saturated carbocycles. The molecule has 1 aromatic rings. The SMILES string of the molecule is O=C(c1cc(Cl)sc1Cl)N1CC2CNCC2C1. The van der Waals surface area contributed by atoms with E-state index in [0.717, 1.165) is 26.2 Å². The van der Waals surface area contributed by atoms with Crippen LogP contribution in [0.15, 0.2) is 6.07 Å². The van der Waals surface area contributed by atoms with E-state index in [1.54, 1.807) is 6.07 Å². The Kier molecular flexibility index (Phi) is 3.07. The first-order valence-corrected chi connectivity index (χ1v) is 7.17. The molecular formula is C11H12Cl2N2OS. The fourth-order valence-corrected chi connectivity index (χ4v) is 4.13. The molecule has 0 aliphatic carbocycles. The van der Waals surface area contributed by atoms with Crippen LogP contribution in [0.4, 0.5) is 0 Å². The Morgan fingerprint density at radius 1 is 1.35 bits per heavy atom. The first-order valence-electron chi connectivity index (χ1n) is 5.60. The average Bonchev–Trinajstić information content (AvgIpc) is 2.90. The van der Waals surface area contributed by atoms with Crippen molar-refractivity contribution in [3.63, 3.8) is 0 Å². The summed E-state index contributed by atoms with van der Waals surface area (Å²) in [6, 6.07) is 1.67. The molecule has 0 spiro atoms. The molecule has 0 aromatic carbocycles. The number of halogens is 2. The van der Waals surface area contributed by atoms with Gasteiger partial charge in [-0.3, -0.25) is 4.79 Å². The fourth-order valence-electron chi connectivity index (χ4n) is 2.68. The minimum absolute atomic E-state index is 0.0209. The van der Waals surface area contributed by atoms with Gasteiger partial charge >= 0.3 is 0 Å². The Bertz CT molecular complexity index is 450. The van der Waals surface area contributed by atoms with Crippen molar-refractivity contribution in [2.45, 2.75) is 0 Å². The number of amides is 1. The van der Waals surface area contributed by atoms with Gasteiger partial charge in [0.25, 0.3) is 5.91 Å². The van der Waals surface area contributed by atoms with E-state index < -0.39 is 0 Å². The zero-order chi connectivity index (χ0) is 12.0. The number of rotatable bonds is 1. The monoisotopic (exact) mass is 290 g/mol. The summed E-state index contributed by atoms with van der Waals surface area (Å²) >= 11 is 13.1. The Hall–Kier alpha value is -0.290. The lowest BCUT2D eigenvalue weighted by Gasteiger charge is -2.16. The largest absolute Gasteiger partial charge is 0.338 e. The van der Waals surface area contributed by atoms with Crippen molar-refractivity contribution in [3.8, 4) is 0 Å². The molecule has 0 bridgehead atoms. The molecule has 3 nitrogen and oxygen atoms in total. The van der Waals surface area contributed by atoms with Crippen LogP contribution >= 0.6 is 34.5 Å². The van der Waals surface area contributed by atoms with E-state index in [4.69, 9.17) is 23.2 Å². The van der Waals surface area contributed by atoms with Crippen molar-refractivity contribution < 1.29 is 4.79 Å². The van der Waals surface area contributed by atoms with Crippen LogP contribution < -0.4 is 5.32 Å². The van der Waals surface area contributed by atoms with Crippen molar-refractivity contribution in [1.29, 1.82) is 0 Å². The van der Waals surface area contributed by atoms with Crippen LogP contribution in [0.25, 0.3) is 0 Å². The molecule has 0 radical (unpaired) electrons. The zero-order valence-electron chi connectivity index (χ0n) is 9.08. The summed E-state index contributed by atoms with van der Waals surface area (Å²) in [4.78, 5) is 14.2. The summed E-state index contributed by atoms with van der Waals surface area (Å²) in [6.45, 7) is 3.71. The standard InChI is InChI=1S/C11H12Cl2N2OS/c12-9-1-8(10(13)17-9)11(16)15-4-6-2-14-3-7(6)5-15/h1,6-7,14H,2-5H2. The molecule has 17 heavy (non-hydrogen) atoms. The van der Waals surface area contributed by atoms with Gasteiger partial charge in [-0.05, 0) is 17.9 Å². The second kappa shape index (κ2) is 4.43. The summed E-state index contributed by atoms with van der Waals surface area (Å²) in [5.74, 6) is 1.23. The Labute approximate surface area is 114 Å². The number of likely N-dealkylation sites (tertiary alicyclic amines) is 1. The molecule has 1 N–H and O–H groups in total. The van der Waals surface area contributed by atoms with Gasteiger partial charge in [-0.25, -0.2) is 0 Å². The van der Waals surface area contributed by atoms with Gasteiger partial charge in [0.2, 0.25) is 0 Å². The minimum Gasteiger partial charge on any atom is -0.338 e. The summed E-state index contributed by atoms with van der Waals surface area (Å²) in [5.41, 5.74) is 0.551. The van der Waals surface area contributed by atoms with Gasteiger partial charge in [-0.15, -0.1) is 11.3 Å². The highest BCUT2D eigenvalue weighted by atomic mass is 35.5. The van der Waals surface area contributed by atoms with Crippen LogP contribution in [0, 0.1) is 11.8 Å². The number of hydrogen-bond acceptors (Lipinski definition) is 3. The highest BCUT2D eigenvalue weighted by Gasteiger charge is 2.38. The highest BCUT2D eigenvalue weighted by Crippen LogP contribution is 2.34. The molecule has 3 rings (SSSR count). The van der Waals surface area contributed by atoms with Gasteiger partial charge in [0.15, 0.2) is 0 Å². The molecule has 3 heterocycles. The first kappa shape index (κ1) is 11.8. The van der Waals surface area contributed by atoms with Crippen LogP contribution in [0.1, 0.15) is 10.4 Å². The molecule has 2 aliphatic heterocycles. The third-order valence-electron chi connectivity index (χ3n) is 3.56. The maximum atomic E-state index is 12.3. The number of fused-ring (bicyclic) bond motifs is 1. The van der Waals surface area contributed by atoms with Gasteiger partial charge in [0, 0.05) is 26.2 Å². The lowest BCUT2D eigenvalue weighted by atomic mass is 10.0. The van der Waals surface area contributed by atoms with Crippen molar-refractivity contribution >= 4 is 40.4 Å². The molecule has 92 valence electrons. The lowest BCUT2D eigenvalue weighted by molar-refractivity contribution is 0.0782. The van der Waals surface area contributed by atoms with Gasteiger partial charge in [-0.1, -0.05) is 23.2 Å². The number of nitrogens with one attached hydrogen (secondary N) is 1. The number of nitrogens with zero attached hydrogens (tertiary/aromatic N) is 1. The molecule has 1 amide bonds. The second-order valence-electron chi connectivity index (χ2n) is 4.63. The fraction of sp³-hybridized carbons (Fsp3) is 0.545. The Morgan fingerprint density at radius 3 is 2.53 bits per heavy atom. The van der Waals surface area contributed by atoms with E-state index in [9.17, 15) is 4.79 Å². The zero-order valence-corrected chi connectivity index (χ0v) is 11.4. The second-order valence-corrected chi connectivity index (χ2v) is 6.91. The number of carbonyl (C=O) groups excluding carboxylic acids is 1. The summed E-state index contributed by atoms with van der Waals surface area (Å²) in [6.07, 6.45) is 0. The molecule has 6 heteroatoms. The minimum atomic E-state index is 0.0209. The van der Waals surface area contributed by atoms with Gasteiger partial charge < -0.3 is 10.2 Å². The number of hydrogen-bond donors (Lipinski definition) is 1. The first-order chi connectivity index (χ1) is 8.15. The van der Waals surface area contributed by atoms with E-state index >= 15 is 0 Å². The predicted molar refractivity (Wildman–Crippen MR) is 70.1 cm³/mol. The molecular weight excluding hydrogens is 279 g/mol. The number of thiophene rings is 1. The van der Waals surface area contributed by atoms with Crippen LogP contribution in [-0.4, -0.2) is 37.0 Å². The summed E-state index contributed by atoms with van der Waals surface area (Å²) in [7, 11) is 0. The Morgan fingerprint density at radius 2 is 2.00 bits per heavy atom. The highest BCUT2D eigenvalue weighted by molar-refractivity contribution is 7.20. The summed E-state index contributed by atoms with van der Waals surface area (Å²) < 4.78 is 1.06. The third-order valence-corrected chi connectivity index (χ3v) is 5.05. The van der Waals surface area contributed by atoms with E-state index in [-0.39, 0.29) is 5.91 Å². The van der Waals surface area contributed by atoms with Crippen molar-refractivity contribution in [3.05, 3.63) is 20.3 Å². The molecule has 2 atom stereocenters. The van der Waals surface area contributed by atoms with Gasteiger partial charge in [-0.2, -0.15) is 0 Å². The smallest absolute Gasteiger partial charge is 0.256 e. The maximum Gasteiger partial charge on any atom is 0.256 e. The predicted octanol–water partition coefficient (Wildman–Crippen LogP) is 2.35. The van der Waals surface area contributed by atoms with E-state index in [2.05, 4.69) is 5.32 Å². The normalized spacial score (nSPS) is 27.5. The van der Waals surface area contributed by atoms with E-state index in [1.807, 2.05) is 4.90 Å². The van der Waals surface area contributed by atoms with Crippen molar-refractivity contribution in [1.82, 2.24) is 10.2 Å². The molecule has 2 aliphatic rings. The van der Waals surface area contributed by atoms with Crippen LogP contribution in [0.2, 0.25) is 8.67 Å². The third kappa shape index (κ3) is 2.08. The van der Waals surface area contributed by atoms with Crippen LogP contribution in [0.3, 0.4) is 0 Å². The summed E-state index contributed by atoms with van der Waals surface area (Å²) in [5, 5.41) is 3.36. The number of carbonyl (C=O) groups is 1. The van der Waals surface area contributed by atoms with Crippen LogP contribution in [0.5, 0.6) is 0 Å². The molecule has 2 saturated heterocycles. The van der Waals surface area contributed by atoms with E-state index in [1.165, 1.54) is 11.3 Å². The lowest BCUT2D eigenvalue weighted by Crippen LogP contribution is -2.31.